The van der Waals surface area contributed by atoms with E-state index in [-0.39, 0.29) is 12.1 Å². The molecule has 2 N–H and O–H groups in total. The summed E-state index contributed by atoms with van der Waals surface area (Å²) in [5.74, 6) is 0.828. The number of aryl methyl sites for hydroxylation is 1. The average molecular weight is 326 g/mol. The molecule has 96 valence electrons. The van der Waals surface area contributed by atoms with Crippen LogP contribution in [0.15, 0.2) is 39.5 Å². The van der Waals surface area contributed by atoms with Crippen molar-refractivity contribution in [1.82, 2.24) is 0 Å². The predicted molar refractivity (Wildman–Crippen MR) is 80.2 cm³/mol. The maximum absolute atomic E-state index is 6.04. The third-order valence-corrected chi connectivity index (χ3v) is 4.01. The largest absolute Gasteiger partial charge is 0.483 e. The van der Waals surface area contributed by atoms with Crippen molar-refractivity contribution in [3.05, 3.63) is 50.6 Å². The van der Waals surface area contributed by atoms with Crippen molar-refractivity contribution in [3.63, 3.8) is 0 Å². The van der Waals surface area contributed by atoms with Crippen molar-refractivity contribution in [2.45, 2.75) is 26.0 Å². The minimum absolute atomic E-state index is 0.0622. The van der Waals surface area contributed by atoms with Gasteiger partial charge in [0.05, 0.1) is 4.47 Å². The Labute approximate surface area is 120 Å². The van der Waals surface area contributed by atoms with E-state index in [4.69, 9.17) is 10.5 Å². The van der Waals surface area contributed by atoms with Crippen LogP contribution in [0.4, 0.5) is 0 Å². The molecule has 0 saturated heterocycles. The van der Waals surface area contributed by atoms with Gasteiger partial charge in [0.15, 0.2) is 0 Å². The highest BCUT2D eigenvalue weighted by Gasteiger charge is 2.19. The number of nitrogens with two attached hydrogens (primary N) is 1. The molecule has 2 rings (SSSR count). The van der Waals surface area contributed by atoms with Crippen LogP contribution in [-0.4, -0.2) is 6.04 Å². The summed E-state index contributed by atoms with van der Waals surface area (Å²) in [5.41, 5.74) is 8.34. The summed E-state index contributed by atoms with van der Waals surface area (Å²) in [7, 11) is 0. The zero-order chi connectivity index (χ0) is 13.1. The van der Waals surface area contributed by atoms with Crippen molar-refractivity contribution in [1.29, 1.82) is 0 Å². The molecule has 2 nitrogen and oxygen atoms in total. The van der Waals surface area contributed by atoms with E-state index in [0.29, 0.717) is 0 Å². The second kappa shape index (κ2) is 5.87. The van der Waals surface area contributed by atoms with Crippen LogP contribution in [-0.2, 0) is 0 Å². The highest BCUT2D eigenvalue weighted by Crippen LogP contribution is 2.31. The Morgan fingerprint density at radius 1 is 1.33 bits per heavy atom. The molecular formula is C14H16BrNOS. The van der Waals surface area contributed by atoms with Gasteiger partial charge in [-0.1, -0.05) is 6.07 Å². The highest BCUT2D eigenvalue weighted by atomic mass is 79.9. The first-order valence-electron chi connectivity index (χ1n) is 5.78. The topological polar surface area (TPSA) is 35.2 Å². The third-order valence-electron chi connectivity index (χ3n) is 2.69. The number of hydrogen-bond acceptors (Lipinski definition) is 3. The Bertz CT molecular complexity index is 511. The van der Waals surface area contributed by atoms with Gasteiger partial charge >= 0.3 is 0 Å². The number of halogens is 1. The molecular weight excluding hydrogens is 310 g/mol. The standard InChI is InChI=1S/C14H16BrNOS/c1-9-3-4-13(12(15)7-9)17-14(10(2)16)11-5-6-18-8-11/h3-8,10,14H,16H2,1-2H3. The van der Waals surface area contributed by atoms with E-state index in [2.05, 4.69) is 34.3 Å². The molecule has 0 spiro atoms. The van der Waals surface area contributed by atoms with E-state index in [9.17, 15) is 0 Å². The molecule has 0 radical (unpaired) electrons. The van der Waals surface area contributed by atoms with Gasteiger partial charge in [0.1, 0.15) is 11.9 Å². The van der Waals surface area contributed by atoms with Crippen LogP contribution in [0.1, 0.15) is 24.2 Å². The third kappa shape index (κ3) is 3.13. The van der Waals surface area contributed by atoms with Crippen molar-refractivity contribution in [3.8, 4) is 5.75 Å². The molecule has 2 atom stereocenters. The van der Waals surface area contributed by atoms with Crippen LogP contribution in [0.3, 0.4) is 0 Å². The molecule has 0 aliphatic carbocycles. The van der Waals surface area contributed by atoms with E-state index in [1.54, 1.807) is 11.3 Å². The Hall–Kier alpha value is -0.840. The number of ether oxygens (including phenoxy) is 1. The number of thiophene rings is 1. The molecule has 18 heavy (non-hydrogen) atoms. The summed E-state index contributed by atoms with van der Waals surface area (Å²) in [6.45, 7) is 4.01. The Kier molecular flexibility index (Phi) is 4.43. The summed E-state index contributed by atoms with van der Waals surface area (Å²) in [5, 5.41) is 4.12. The fourth-order valence-electron chi connectivity index (χ4n) is 1.75. The maximum Gasteiger partial charge on any atom is 0.139 e. The van der Waals surface area contributed by atoms with Crippen LogP contribution in [0, 0.1) is 6.92 Å². The smallest absolute Gasteiger partial charge is 0.139 e. The minimum Gasteiger partial charge on any atom is -0.483 e. The number of rotatable bonds is 4. The summed E-state index contributed by atoms with van der Waals surface area (Å²) in [6, 6.07) is 8.04. The number of hydrogen-bond donors (Lipinski definition) is 1. The Morgan fingerprint density at radius 3 is 2.67 bits per heavy atom. The molecule has 2 aromatic rings. The second-order valence-corrected chi connectivity index (χ2v) is 6.02. The fourth-order valence-corrected chi connectivity index (χ4v) is 3.02. The number of benzene rings is 1. The summed E-state index contributed by atoms with van der Waals surface area (Å²) in [6.07, 6.45) is -0.116. The van der Waals surface area contributed by atoms with Crippen LogP contribution in [0.2, 0.25) is 0 Å². The van der Waals surface area contributed by atoms with Gasteiger partial charge in [-0.25, -0.2) is 0 Å². The highest BCUT2D eigenvalue weighted by molar-refractivity contribution is 9.10. The molecule has 4 heteroatoms. The van der Waals surface area contributed by atoms with Crippen LogP contribution in [0.5, 0.6) is 5.75 Å². The molecule has 1 aromatic carbocycles. The van der Waals surface area contributed by atoms with Crippen LogP contribution < -0.4 is 10.5 Å². The molecule has 1 heterocycles. The molecule has 0 amide bonds. The van der Waals surface area contributed by atoms with Gasteiger partial charge in [0, 0.05) is 11.6 Å². The van der Waals surface area contributed by atoms with Crippen LogP contribution in [0.25, 0.3) is 0 Å². The van der Waals surface area contributed by atoms with Gasteiger partial charge < -0.3 is 10.5 Å². The minimum atomic E-state index is -0.116. The maximum atomic E-state index is 6.04. The molecule has 1 aromatic heterocycles. The van der Waals surface area contributed by atoms with Gasteiger partial charge in [-0.3, -0.25) is 0 Å². The van der Waals surface area contributed by atoms with Gasteiger partial charge in [-0.15, -0.1) is 0 Å². The van der Waals surface area contributed by atoms with E-state index in [1.807, 2.05) is 30.5 Å². The van der Waals surface area contributed by atoms with E-state index >= 15 is 0 Å². The zero-order valence-corrected chi connectivity index (χ0v) is 12.8. The Morgan fingerprint density at radius 2 is 2.11 bits per heavy atom. The molecule has 0 fully saturated rings. The van der Waals surface area contributed by atoms with Crippen molar-refractivity contribution in [2.75, 3.05) is 0 Å². The normalized spacial score (nSPS) is 14.2. The van der Waals surface area contributed by atoms with Gasteiger partial charge in [0.2, 0.25) is 0 Å². The first-order valence-corrected chi connectivity index (χ1v) is 7.52. The first-order chi connectivity index (χ1) is 8.58. The Balaban J connectivity index is 2.24. The lowest BCUT2D eigenvalue weighted by atomic mass is 10.1. The van der Waals surface area contributed by atoms with E-state index < -0.39 is 0 Å². The van der Waals surface area contributed by atoms with Gasteiger partial charge in [-0.2, -0.15) is 11.3 Å². The second-order valence-electron chi connectivity index (χ2n) is 4.39. The summed E-state index contributed by atoms with van der Waals surface area (Å²) < 4.78 is 7.00. The summed E-state index contributed by atoms with van der Waals surface area (Å²) in [4.78, 5) is 0. The predicted octanol–water partition coefficient (Wildman–Crippen LogP) is 4.29. The van der Waals surface area contributed by atoms with Crippen LogP contribution >= 0.6 is 27.3 Å². The molecule has 0 aliphatic rings. The average Bonchev–Trinajstić information content (AvgIpc) is 2.80. The lowest BCUT2D eigenvalue weighted by Gasteiger charge is -2.22. The lowest BCUT2D eigenvalue weighted by Crippen LogP contribution is -2.28. The summed E-state index contributed by atoms with van der Waals surface area (Å²) >= 11 is 5.18. The first kappa shape index (κ1) is 13.6. The van der Waals surface area contributed by atoms with Crippen molar-refractivity contribution < 1.29 is 4.74 Å². The lowest BCUT2D eigenvalue weighted by molar-refractivity contribution is 0.179. The van der Waals surface area contributed by atoms with E-state index in [1.165, 1.54) is 5.56 Å². The van der Waals surface area contributed by atoms with E-state index in [0.717, 1.165) is 15.8 Å². The van der Waals surface area contributed by atoms with Gasteiger partial charge in [-0.05, 0) is 64.3 Å². The SMILES string of the molecule is Cc1ccc(OC(c2ccsc2)C(C)N)c(Br)c1. The molecule has 0 bridgehead atoms. The monoisotopic (exact) mass is 325 g/mol. The van der Waals surface area contributed by atoms with Crippen molar-refractivity contribution >= 4 is 27.3 Å². The fraction of sp³-hybridized carbons (Fsp3) is 0.286. The van der Waals surface area contributed by atoms with Crippen molar-refractivity contribution in [2.24, 2.45) is 5.73 Å². The molecule has 0 saturated carbocycles. The van der Waals surface area contributed by atoms with Gasteiger partial charge in [0.25, 0.3) is 0 Å². The quantitative estimate of drug-likeness (QED) is 0.910. The molecule has 2 unspecified atom stereocenters. The zero-order valence-electron chi connectivity index (χ0n) is 10.4. The molecule has 0 aliphatic heterocycles.